The highest BCUT2D eigenvalue weighted by Crippen LogP contribution is 1.99. The van der Waals surface area contributed by atoms with Crippen LogP contribution in [0.5, 0.6) is 0 Å². The Morgan fingerprint density at radius 1 is 1.57 bits per heavy atom. The van der Waals surface area contributed by atoms with Crippen molar-refractivity contribution in [1.82, 2.24) is 20.2 Å². The Hall–Kier alpha value is -1.65. The highest BCUT2D eigenvalue weighted by Gasteiger charge is 2.10. The maximum atomic E-state index is 4.32. The van der Waals surface area contributed by atoms with Crippen LogP contribution in [0.2, 0.25) is 0 Å². The summed E-state index contributed by atoms with van der Waals surface area (Å²) in [6.45, 7) is 2.56. The molecule has 0 radical (unpaired) electrons. The molecule has 0 saturated carbocycles. The third-order valence-electron chi connectivity index (χ3n) is 2.06. The van der Waals surface area contributed by atoms with E-state index >= 15 is 0 Å². The summed E-state index contributed by atoms with van der Waals surface area (Å²) in [5.41, 5.74) is 0.999. The summed E-state index contributed by atoms with van der Waals surface area (Å²) in [7, 11) is 2.00. The van der Waals surface area contributed by atoms with Crippen LogP contribution in [-0.2, 0) is 6.54 Å². The molecule has 2 rings (SSSR count). The lowest BCUT2D eigenvalue weighted by Gasteiger charge is -2.17. The van der Waals surface area contributed by atoms with Crippen molar-refractivity contribution in [3.05, 3.63) is 24.3 Å². The molecule has 0 atom stereocenters. The van der Waals surface area contributed by atoms with E-state index < -0.39 is 0 Å². The van der Waals surface area contributed by atoms with Crippen LogP contribution in [0.1, 0.15) is 5.69 Å². The lowest BCUT2D eigenvalue weighted by Crippen LogP contribution is -2.35. The molecule has 0 aliphatic carbocycles. The van der Waals surface area contributed by atoms with E-state index in [-0.39, 0.29) is 0 Å². The third kappa shape index (κ3) is 1.99. The van der Waals surface area contributed by atoms with Crippen molar-refractivity contribution in [2.24, 2.45) is 4.99 Å². The highest BCUT2D eigenvalue weighted by molar-refractivity contribution is 5.81. The highest BCUT2D eigenvalue weighted by atomic mass is 15.3. The van der Waals surface area contributed by atoms with E-state index in [9.17, 15) is 0 Å². The zero-order valence-corrected chi connectivity index (χ0v) is 8.14. The van der Waals surface area contributed by atoms with Gasteiger partial charge in [-0.3, -0.25) is 4.99 Å². The van der Waals surface area contributed by atoms with Crippen molar-refractivity contribution in [1.29, 1.82) is 0 Å². The lowest BCUT2D eigenvalue weighted by atomic mass is 10.4. The smallest absolute Gasteiger partial charge is 0.194 e. The van der Waals surface area contributed by atoms with E-state index in [1.807, 2.05) is 13.1 Å². The van der Waals surface area contributed by atoms with Crippen LogP contribution >= 0.6 is 0 Å². The van der Waals surface area contributed by atoms with Gasteiger partial charge < -0.3 is 10.2 Å². The van der Waals surface area contributed by atoms with E-state index in [4.69, 9.17) is 0 Å². The number of aliphatic imine (C=N–C) groups is 1. The standard InChI is InChI=1S/C9H13N5/c1-14(9-11-4-5-12-9)6-8-2-3-10-7-13-8/h2-3,7H,4-6H2,1H3,(H,11,12). The Bertz CT molecular complexity index is 321. The predicted octanol–water partition coefficient (Wildman–Crippen LogP) is -0.132. The summed E-state index contributed by atoms with van der Waals surface area (Å²) in [6, 6.07) is 1.91. The molecule has 0 spiro atoms. The molecule has 1 aliphatic heterocycles. The fraction of sp³-hybridized carbons (Fsp3) is 0.444. The Kier molecular flexibility index (Phi) is 2.58. The normalized spacial score (nSPS) is 14.8. The van der Waals surface area contributed by atoms with Crippen molar-refractivity contribution < 1.29 is 0 Å². The fourth-order valence-electron chi connectivity index (χ4n) is 1.37. The monoisotopic (exact) mass is 191 g/mol. The number of hydrogen-bond donors (Lipinski definition) is 1. The minimum absolute atomic E-state index is 0.758. The van der Waals surface area contributed by atoms with Crippen molar-refractivity contribution in [2.45, 2.75) is 6.54 Å². The Morgan fingerprint density at radius 3 is 3.14 bits per heavy atom. The van der Waals surface area contributed by atoms with Crippen LogP contribution < -0.4 is 5.32 Å². The second-order valence-corrected chi connectivity index (χ2v) is 3.19. The Morgan fingerprint density at radius 2 is 2.50 bits per heavy atom. The zero-order chi connectivity index (χ0) is 9.80. The minimum atomic E-state index is 0.758. The largest absolute Gasteiger partial charge is 0.354 e. The number of aromatic nitrogens is 2. The van der Waals surface area contributed by atoms with Gasteiger partial charge in [-0.1, -0.05) is 0 Å². The van der Waals surface area contributed by atoms with Gasteiger partial charge in [-0.05, 0) is 6.07 Å². The maximum Gasteiger partial charge on any atom is 0.194 e. The van der Waals surface area contributed by atoms with Gasteiger partial charge >= 0.3 is 0 Å². The van der Waals surface area contributed by atoms with Crippen molar-refractivity contribution >= 4 is 5.96 Å². The number of guanidine groups is 1. The van der Waals surface area contributed by atoms with Crippen molar-refractivity contribution in [3.63, 3.8) is 0 Å². The van der Waals surface area contributed by atoms with Crippen LogP contribution in [0.15, 0.2) is 23.6 Å². The Labute approximate surface area is 82.9 Å². The summed E-state index contributed by atoms with van der Waals surface area (Å²) in [5.74, 6) is 0.948. The van der Waals surface area contributed by atoms with Gasteiger partial charge in [0.1, 0.15) is 6.33 Å². The summed E-state index contributed by atoms with van der Waals surface area (Å²) in [5, 5.41) is 3.21. The molecule has 5 heteroatoms. The SMILES string of the molecule is CN(Cc1ccncn1)C1=NCCN1. The maximum absolute atomic E-state index is 4.32. The average Bonchev–Trinajstić information content (AvgIpc) is 2.72. The van der Waals surface area contributed by atoms with Gasteiger partial charge in [0.25, 0.3) is 0 Å². The molecule has 1 N–H and O–H groups in total. The van der Waals surface area contributed by atoms with E-state index in [0.29, 0.717) is 0 Å². The minimum Gasteiger partial charge on any atom is -0.354 e. The van der Waals surface area contributed by atoms with Crippen molar-refractivity contribution in [3.8, 4) is 0 Å². The molecule has 1 aromatic rings. The molecule has 74 valence electrons. The van der Waals surface area contributed by atoms with Crippen molar-refractivity contribution in [2.75, 3.05) is 20.1 Å². The van der Waals surface area contributed by atoms with Crippen LogP contribution in [0.4, 0.5) is 0 Å². The zero-order valence-electron chi connectivity index (χ0n) is 8.14. The molecule has 0 fully saturated rings. The van der Waals surface area contributed by atoms with E-state index in [1.165, 1.54) is 0 Å². The Balaban J connectivity index is 1.97. The summed E-state index contributed by atoms with van der Waals surface area (Å²) in [4.78, 5) is 14.4. The molecule has 0 saturated heterocycles. The van der Waals surface area contributed by atoms with Crippen LogP contribution in [0, 0.1) is 0 Å². The molecule has 1 aromatic heterocycles. The fourth-order valence-corrected chi connectivity index (χ4v) is 1.37. The molecule has 0 unspecified atom stereocenters. The molecule has 5 nitrogen and oxygen atoms in total. The quantitative estimate of drug-likeness (QED) is 0.707. The molecular formula is C9H13N5. The number of nitrogens with zero attached hydrogens (tertiary/aromatic N) is 4. The molecule has 14 heavy (non-hydrogen) atoms. The third-order valence-corrected chi connectivity index (χ3v) is 2.06. The molecule has 2 heterocycles. The topological polar surface area (TPSA) is 53.4 Å². The van der Waals surface area contributed by atoms with Gasteiger partial charge in [0.2, 0.25) is 0 Å². The van der Waals surface area contributed by atoms with Gasteiger partial charge in [-0.2, -0.15) is 0 Å². The first-order valence-corrected chi connectivity index (χ1v) is 4.60. The second kappa shape index (κ2) is 4.04. The summed E-state index contributed by atoms with van der Waals surface area (Å²) >= 11 is 0. The van der Waals surface area contributed by atoms with Gasteiger partial charge in [-0.15, -0.1) is 0 Å². The molecule has 0 bridgehead atoms. The van der Waals surface area contributed by atoms with E-state index in [0.717, 1.165) is 31.3 Å². The van der Waals surface area contributed by atoms with Gasteiger partial charge in [0, 0.05) is 19.8 Å². The molecule has 0 amide bonds. The number of hydrogen-bond acceptors (Lipinski definition) is 5. The first-order valence-electron chi connectivity index (χ1n) is 4.60. The van der Waals surface area contributed by atoms with Gasteiger partial charge in [-0.25, -0.2) is 9.97 Å². The number of rotatable bonds is 2. The molecule has 0 aromatic carbocycles. The summed E-state index contributed by atoms with van der Waals surface area (Å²) in [6.07, 6.45) is 3.31. The van der Waals surface area contributed by atoms with Crippen LogP contribution in [0.25, 0.3) is 0 Å². The lowest BCUT2D eigenvalue weighted by molar-refractivity contribution is 0.478. The van der Waals surface area contributed by atoms with Gasteiger partial charge in [0.15, 0.2) is 5.96 Å². The first kappa shape index (κ1) is 8.93. The predicted molar refractivity (Wildman–Crippen MR) is 53.8 cm³/mol. The average molecular weight is 191 g/mol. The number of nitrogens with one attached hydrogen (secondary N) is 1. The molecule has 1 aliphatic rings. The van der Waals surface area contributed by atoms with Crippen LogP contribution in [0.3, 0.4) is 0 Å². The van der Waals surface area contributed by atoms with E-state index in [2.05, 4.69) is 25.2 Å². The van der Waals surface area contributed by atoms with Gasteiger partial charge in [0.05, 0.1) is 18.8 Å². The summed E-state index contributed by atoms with van der Waals surface area (Å²) < 4.78 is 0. The van der Waals surface area contributed by atoms with E-state index in [1.54, 1.807) is 12.5 Å². The first-order chi connectivity index (χ1) is 6.86. The molecular weight excluding hydrogens is 178 g/mol. The second-order valence-electron chi connectivity index (χ2n) is 3.19. The van der Waals surface area contributed by atoms with Crippen LogP contribution in [-0.4, -0.2) is 41.0 Å².